The van der Waals surface area contributed by atoms with Crippen molar-refractivity contribution in [1.29, 1.82) is 0 Å². The van der Waals surface area contributed by atoms with E-state index >= 15 is 0 Å². The van der Waals surface area contributed by atoms with Crippen molar-refractivity contribution in [3.8, 4) is 0 Å². The molecule has 1 fully saturated rings. The van der Waals surface area contributed by atoms with Crippen LogP contribution in [0.2, 0.25) is 0 Å². The number of carbonyl (C=O) groups excluding carboxylic acids is 1. The van der Waals surface area contributed by atoms with Gasteiger partial charge in [0, 0.05) is 19.6 Å². The largest absolute Gasteiger partial charge is 0.395 e. The molecule has 2 aliphatic heterocycles. The van der Waals surface area contributed by atoms with Crippen LogP contribution in [0.5, 0.6) is 0 Å². The van der Waals surface area contributed by atoms with Crippen molar-refractivity contribution in [3.63, 3.8) is 0 Å². The Hall–Kier alpha value is -0.390. The number of thioether (sulfide) groups is 1. The first-order valence-corrected chi connectivity index (χ1v) is 5.85. The highest BCUT2D eigenvalue weighted by Gasteiger charge is 2.49. The van der Waals surface area contributed by atoms with Gasteiger partial charge in [0.25, 0.3) is 0 Å². The molecule has 4 nitrogen and oxygen atoms in total. The summed E-state index contributed by atoms with van der Waals surface area (Å²) in [5, 5.41) is 0.891. The van der Waals surface area contributed by atoms with E-state index < -0.39 is 0 Å². The van der Waals surface area contributed by atoms with Gasteiger partial charge in [-0.05, 0) is 7.05 Å². The van der Waals surface area contributed by atoms with Crippen LogP contribution in [0, 0.1) is 0 Å². The number of amides is 1. The second-order valence-corrected chi connectivity index (χ2v) is 5.26. The fourth-order valence-electron chi connectivity index (χ4n) is 1.82. The Labute approximate surface area is 88.1 Å². The summed E-state index contributed by atoms with van der Waals surface area (Å²) in [6.07, 6.45) is 2.78. The first-order valence-electron chi connectivity index (χ1n) is 4.91. The molecule has 1 saturated heterocycles. The predicted molar refractivity (Wildman–Crippen MR) is 57.7 cm³/mol. The Bertz CT molecular complexity index is 279. The molecule has 2 rings (SSSR count). The second kappa shape index (κ2) is 4.00. The molecule has 0 aromatic carbocycles. The van der Waals surface area contributed by atoms with Crippen LogP contribution in [0.4, 0.5) is 0 Å². The molecule has 1 amide bonds. The molecule has 0 radical (unpaired) electrons. The van der Waals surface area contributed by atoms with E-state index in [0.29, 0.717) is 17.2 Å². The lowest BCUT2D eigenvalue weighted by molar-refractivity contribution is -0.497. The van der Waals surface area contributed by atoms with Crippen molar-refractivity contribution in [1.82, 2.24) is 4.90 Å². The Balaban J connectivity index is 1.84. The van der Waals surface area contributed by atoms with E-state index in [0.717, 1.165) is 19.5 Å². The lowest BCUT2D eigenvalue weighted by Crippen LogP contribution is -2.40. The fourth-order valence-corrected chi connectivity index (χ4v) is 3.32. The van der Waals surface area contributed by atoms with Crippen LogP contribution in [-0.2, 0) is 4.79 Å². The Kier molecular flexibility index (Phi) is 2.90. The van der Waals surface area contributed by atoms with Gasteiger partial charge in [-0.2, -0.15) is 4.58 Å². The molecule has 2 heterocycles. The molecule has 0 spiro atoms. The fraction of sp³-hybridized carbons (Fsp3) is 0.778. The van der Waals surface area contributed by atoms with Crippen LogP contribution in [0.15, 0.2) is 0 Å². The maximum absolute atomic E-state index is 11.1. The lowest BCUT2D eigenvalue weighted by Gasteiger charge is -2.17. The molecular formula is C9H16N3OS+. The topological polar surface area (TPSA) is 49.3 Å². The van der Waals surface area contributed by atoms with Gasteiger partial charge >= 0.3 is 5.91 Å². The van der Waals surface area contributed by atoms with Crippen molar-refractivity contribution in [2.45, 2.75) is 17.0 Å². The molecule has 2 N–H and O–H groups in total. The number of carbonyl (C=O) groups is 1. The van der Waals surface area contributed by atoms with Gasteiger partial charge in [0.1, 0.15) is 11.7 Å². The summed E-state index contributed by atoms with van der Waals surface area (Å²) in [6, 6.07) is 0. The summed E-state index contributed by atoms with van der Waals surface area (Å²) in [4.78, 5) is 13.3. The van der Waals surface area contributed by atoms with Gasteiger partial charge in [-0.3, -0.25) is 0 Å². The molecule has 0 bridgehead atoms. The minimum absolute atomic E-state index is 0.270. The zero-order valence-electron chi connectivity index (χ0n) is 8.35. The number of hydrogen-bond donors (Lipinski definition) is 1. The number of nitrogens with two attached hydrogens (primary N) is 1. The SMILES string of the molecule is CN(CCN)CC1C=[N+]2C(=O)C[C@@H]2S1. The molecule has 14 heavy (non-hydrogen) atoms. The summed E-state index contributed by atoms with van der Waals surface area (Å²) in [5.74, 6) is 0.270. The Morgan fingerprint density at radius 1 is 1.79 bits per heavy atom. The van der Waals surface area contributed by atoms with Gasteiger partial charge in [0.2, 0.25) is 5.37 Å². The van der Waals surface area contributed by atoms with E-state index in [-0.39, 0.29) is 5.91 Å². The van der Waals surface area contributed by atoms with E-state index in [9.17, 15) is 4.79 Å². The molecule has 1 unspecified atom stereocenters. The smallest absolute Gasteiger partial charge is 0.329 e. The minimum Gasteiger partial charge on any atom is -0.329 e. The van der Waals surface area contributed by atoms with Crippen LogP contribution in [-0.4, -0.2) is 58.9 Å². The summed E-state index contributed by atoms with van der Waals surface area (Å²) in [5.41, 5.74) is 5.47. The number of nitrogens with zero attached hydrogens (tertiary/aromatic N) is 2. The van der Waals surface area contributed by atoms with E-state index in [1.54, 1.807) is 0 Å². The second-order valence-electron chi connectivity index (χ2n) is 3.83. The van der Waals surface area contributed by atoms with Crippen molar-refractivity contribution < 1.29 is 9.37 Å². The predicted octanol–water partition coefficient (Wildman–Crippen LogP) is -0.668. The van der Waals surface area contributed by atoms with Crippen molar-refractivity contribution in [2.24, 2.45) is 5.73 Å². The van der Waals surface area contributed by atoms with E-state index in [1.165, 1.54) is 0 Å². The van der Waals surface area contributed by atoms with Crippen LogP contribution in [0.25, 0.3) is 0 Å². The first kappa shape index (κ1) is 10.1. The minimum atomic E-state index is 0.270. The van der Waals surface area contributed by atoms with Crippen molar-refractivity contribution >= 4 is 23.9 Å². The molecule has 0 saturated carbocycles. The highest BCUT2D eigenvalue weighted by atomic mass is 32.2. The molecule has 0 aliphatic carbocycles. The highest BCUT2D eigenvalue weighted by Crippen LogP contribution is 2.33. The van der Waals surface area contributed by atoms with Gasteiger partial charge in [-0.25, -0.2) is 4.79 Å². The zero-order valence-corrected chi connectivity index (χ0v) is 9.17. The van der Waals surface area contributed by atoms with Gasteiger partial charge in [-0.15, -0.1) is 0 Å². The van der Waals surface area contributed by atoms with Crippen LogP contribution in [0.3, 0.4) is 0 Å². The Morgan fingerprint density at radius 2 is 2.57 bits per heavy atom. The standard InChI is InChI=1S/C9H16N3OS/c1-11(3-2-10)5-7-6-12-8(13)4-9(12)14-7/h6-7,9H,2-5,10H2,1H3/q+1/t7?,9-/m0/s1. The van der Waals surface area contributed by atoms with E-state index in [2.05, 4.69) is 18.2 Å². The Morgan fingerprint density at radius 3 is 3.14 bits per heavy atom. The molecule has 0 aromatic rings. The number of likely N-dealkylation sites (N-methyl/N-ethyl adjacent to an activating group) is 1. The first-order chi connectivity index (χ1) is 6.70. The summed E-state index contributed by atoms with van der Waals surface area (Å²) >= 11 is 1.89. The molecule has 0 aromatic heterocycles. The number of hydrogen-bond acceptors (Lipinski definition) is 4. The third kappa shape index (κ3) is 1.85. The van der Waals surface area contributed by atoms with Crippen LogP contribution >= 0.6 is 11.8 Å². The van der Waals surface area contributed by atoms with Gasteiger partial charge in [0.15, 0.2) is 6.21 Å². The third-order valence-corrected chi connectivity index (χ3v) is 3.94. The third-order valence-electron chi connectivity index (χ3n) is 2.61. The van der Waals surface area contributed by atoms with Gasteiger partial charge in [0.05, 0.1) is 0 Å². The molecule has 5 heteroatoms. The zero-order chi connectivity index (χ0) is 10.1. The number of β-lactam (4-membered cyclic amide) rings is 1. The average molecular weight is 214 g/mol. The van der Waals surface area contributed by atoms with Crippen LogP contribution < -0.4 is 5.73 Å². The summed E-state index contributed by atoms with van der Waals surface area (Å²) < 4.78 is 1.87. The monoisotopic (exact) mass is 214 g/mol. The van der Waals surface area contributed by atoms with E-state index in [4.69, 9.17) is 5.73 Å². The highest BCUT2D eigenvalue weighted by molar-refractivity contribution is 8.01. The average Bonchev–Trinajstić information content (AvgIpc) is 2.43. The quantitative estimate of drug-likeness (QED) is 0.498. The van der Waals surface area contributed by atoms with Crippen molar-refractivity contribution in [3.05, 3.63) is 0 Å². The van der Waals surface area contributed by atoms with Crippen LogP contribution in [0.1, 0.15) is 6.42 Å². The maximum atomic E-state index is 11.1. The normalized spacial score (nSPS) is 30.2. The molecule has 2 aliphatic rings. The summed E-state index contributed by atoms with van der Waals surface area (Å²) in [7, 11) is 2.07. The molecular weight excluding hydrogens is 198 g/mol. The lowest BCUT2D eigenvalue weighted by atomic mass is 10.2. The van der Waals surface area contributed by atoms with Crippen molar-refractivity contribution in [2.75, 3.05) is 26.7 Å². The number of rotatable bonds is 4. The van der Waals surface area contributed by atoms with Gasteiger partial charge < -0.3 is 10.6 Å². The van der Waals surface area contributed by atoms with Gasteiger partial charge in [-0.1, -0.05) is 11.8 Å². The number of fused-ring (bicyclic) bond motifs is 1. The van der Waals surface area contributed by atoms with E-state index in [1.807, 2.05) is 16.3 Å². The maximum Gasteiger partial charge on any atom is 0.395 e. The summed E-state index contributed by atoms with van der Waals surface area (Å²) in [6.45, 7) is 2.60. The molecule has 78 valence electrons. The molecule has 2 atom stereocenters.